The predicted molar refractivity (Wildman–Crippen MR) is 79.0 cm³/mol. The molecular weight excluding hydrogens is 309 g/mol. The van der Waals surface area contributed by atoms with Gasteiger partial charge >= 0.3 is 6.18 Å². The molecule has 0 saturated carbocycles. The highest BCUT2D eigenvalue weighted by Crippen LogP contribution is 2.31. The number of rotatable bonds is 2. The molecule has 0 amide bonds. The van der Waals surface area contributed by atoms with E-state index in [0.717, 1.165) is 12.1 Å². The smallest absolute Gasteiger partial charge is 0.360 e. The molecule has 4 nitrogen and oxygen atoms in total. The number of alkyl halides is 3. The van der Waals surface area contributed by atoms with E-state index in [2.05, 4.69) is 10.3 Å². The molecule has 0 aliphatic heterocycles. The molecule has 0 bridgehead atoms. The second kappa shape index (κ2) is 6.14. The Balaban J connectivity index is 2.31. The van der Waals surface area contributed by atoms with E-state index < -0.39 is 17.8 Å². The number of anilines is 1. The summed E-state index contributed by atoms with van der Waals surface area (Å²) in [5, 5.41) is 2.75. The van der Waals surface area contributed by atoms with Crippen molar-refractivity contribution in [3.8, 4) is 0 Å². The number of hydrogen-bond acceptors (Lipinski definition) is 4. The van der Waals surface area contributed by atoms with Gasteiger partial charge in [0, 0.05) is 17.7 Å². The summed E-state index contributed by atoms with van der Waals surface area (Å²) in [4.78, 5) is 28.2. The van der Waals surface area contributed by atoms with Crippen molar-refractivity contribution in [2.75, 3.05) is 5.32 Å². The minimum Gasteiger partial charge on any atom is -0.360 e. The molecule has 1 aliphatic carbocycles. The van der Waals surface area contributed by atoms with Gasteiger partial charge in [0.2, 0.25) is 0 Å². The number of nitrogens with one attached hydrogen (secondary N) is 1. The van der Waals surface area contributed by atoms with E-state index >= 15 is 0 Å². The average Bonchev–Trinajstić information content (AvgIpc) is 2.54. The zero-order chi connectivity index (χ0) is 17.4. The highest BCUT2D eigenvalue weighted by Gasteiger charge is 2.32. The number of allylic oxidation sites excluding steroid dienone is 1. The zero-order valence-electron chi connectivity index (χ0n) is 13.0. The molecule has 124 valence electrons. The average molecular weight is 326 g/mol. The van der Waals surface area contributed by atoms with Gasteiger partial charge in [0.25, 0.3) is 0 Å². The van der Waals surface area contributed by atoms with Gasteiger partial charge in [0.15, 0.2) is 11.6 Å². The summed E-state index contributed by atoms with van der Waals surface area (Å²) in [6.45, 7) is 4.60. The van der Waals surface area contributed by atoms with Crippen LogP contribution in [0.25, 0.3) is 0 Å². The van der Waals surface area contributed by atoms with Crippen molar-refractivity contribution in [3.63, 3.8) is 0 Å². The minimum absolute atomic E-state index is 0.0181. The summed E-state index contributed by atoms with van der Waals surface area (Å²) < 4.78 is 38.6. The van der Waals surface area contributed by atoms with Crippen LogP contribution in [0.4, 0.5) is 19.0 Å². The first kappa shape index (κ1) is 17.2. The predicted octanol–water partition coefficient (Wildman–Crippen LogP) is 3.46. The Bertz CT molecular complexity index is 693. The van der Waals surface area contributed by atoms with E-state index in [9.17, 15) is 22.8 Å². The van der Waals surface area contributed by atoms with Crippen molar-refractivity contribution in [2.45, 2.75) is 45.8 Å². The lowest BCUT2D eigenvalue weighted by Crippen LogP contribution is -2.30. The molecule has 7 heteroatoms. The number of aryl methyl sites for hydroxylation is 1. The maximum absolute atomic E-state index is 12.9. The second-order valence-electron chi connectivity index (χ2n) is 5.65. The molecule has 1 N–H and O–H groups in total. The Morgan fingerprint density at radius 3 is 2.39 bits per heavy atom. The molecule has 0 fully saturated rings. The summed E-state index contributed by atoms with van der Waals surface area (Å²) >= 11 is 0. The maximum atomic E-state index is 12.9. The molecule has 1 atom stereocenters. The van der Waals surface area contributed by atoms with E-state index in [1.165, 1.54) is 6.92 Å². The van der Waals surface area contributed by atoms with Gasteiger partial charge in [0.1, 0.15) is 5.82 Å². The van der Waals surface area contributed by atoms with Crippen LogP contribution in [-0.2, 0) is 15.8 Å². The van der Waals surface area contributed by atoms with Crippen LogP contribution >= 0.6 is 0 Å². The fourth-order valence-electron chi connectivity index (χ4n) is 2.47. The summed E-state index contributed by atoms with van der Waals surface area (Å²) in [5.74, 6) is -0.422. The van der Waals surface area contributed by atoms with Gasteiger partial charge in [0.05, 0.1) is 11.6 Å². The van der Waals surface area contributed by atoms with Gasteiger partial charge in [-0.15, -0.1) is 0 Å². The largest absolute Gasteiger partial charge is 0.416 e. The molecule has 0 aromatic carbocycles. The quantitative estimate of drug-likeness (QED) is 0.904. The molecule has 0 radical (unpaired) electrons. The van der Waals surface area contributed by atoms with Gasteiger partial charge in [-0.1, -0.05) is 0 Å². The second-order valence-corrected chi connectivity index (χ2v) is 5.65. The van der Waals surface area contributed by atoms with Crippen LogP contribution in [0.2, 0.25) is 0 Å². The third kappa shape index (κ3) is 3.78. The minimum atomic E-state index is -4.49. The number of carbonyl (C=O) groups is 2. The van der Waals surface area contributed by atoms with Crippen LogP contribution in [0.5, 0.6) is 0 Å². The Morgan fingerprint density at radius 2 is 1.78 bits per heavy atom. The normalized spacial score (nSPS) is 19.8. The number of nitrogens with zero attached hydrogens (tertiary/aromatic N) is 1. The first-order valence-corrected chi connectivity index (χ1v) is 7.17. The third-order valence-electron chi connectivity index (χ3n) is 3.93. The Hall–Kier alpha value is -2.18. The Morgan fingerprint density at radius 1 is 1.13 bits per heavy atom. The molecule has 23 heavy (non-hydrogen) atoms. The summed E-state index contributed by atoms with van der Waals surface area (Å²) in [7, 11) is 0. The number of ketones is 2. The van der Waals surface area contributed by atoms with Gasteiger partial charge in [-0.25, -0.2) is 4.98 Å². The van der Waals surface area contributed by atoms with Crippen molar-refractivity contribution >= 4 is 17.4 Å². The van der Waals surface area contributed by atoms with Crippen LogP contribution in [0.15, 0.2) is 23.3 Å². The highest BCUT2D eigenvalue weighted by molar-refractivity contribution is 6.10. The number of aromatic nitrogens is 1. The van der Waals surface area contributed by atoms with Crippen molar-refractivity contribution in [1.82, 2.24) is 4.98 Å². The van der Waals surface area contributed by atoms with Gasteiger partial charge in [-0.2, -0.15) is 13.2 Å². The van der Waals surface area contributed by atoms with E-state index in [0.29, 0.717) is 11.1 Å². The molecule has 0 saturated heterocycles. The number of carbonyl (C=O) groups excluding carboxylic acids is 2. The van der Waals surface area contributed by atoms with Crippen molar-refractivity contribution in [1.29, 1.82) is 0 Å². The number of halogens is 3. The first-order chi connectivity index (χ1) is 10.6. The van der Waals surface area contributed by atoms with Crippen LogP contribution in [0.3, 0.4) is 0 Å². The van der Waals surface area contributed by atoms with E-state index in [-0.39, 0.29) is 35.9 Å². The lowest BCUT2D eigenvalue weighted by Gasteiger charge is -2.18. The maximum Gasteiger partial charge on any atom is 0.416 e. The summed E-state index contributed by atoms with van der Waals surface area (Å²) in [6, 6.07) is 1.06. The van der Waals surface area contributed by atoms with Crippen molar-refractivity contribution < 1.29 is 22.8 Å². The Labute approximate surface area is 131 Å². The van der Waals surface area contributed by atoms with Crippen LogP contribution < -0.4 is 5.32 Å². The molecule has 1 aliphatic rings. The summed E-state index contributed by atoms with van der Waals surface area (Å²) in [6.07, 6.45) is -4.09. The third-order valence-corrected chi connectivity index (χ3v) is 3.93. The van der Waals surface area contributed by atoms with Gasteiger partial charge in [-0.3, -0.25) is 9.59 Å². The van der Waals surface area contributed by atoms with Crippen LogP contribution in [0.1, 0.15) is 37.9 Å². The van der Waals surface area contributed by atoms with Crippen LogP contribution in [-0.4, -0.2) is 22.6 Å². The highest BCUT2D eigenvalue weighted by atomic mass is 19.4. The fourth-order valence-corrected chi connectivity index (χ4v) is 2.47. The van der Waals surface area contributed by atoms with E-state index in [1.54, 1.807) is 13.8 Å². The van der Waals surface area contributed by atoms with Crippen LogP contribution in [0, 0.1) is 6.92 Å². The monoisotopic (exact) mass is 326 g/mol. The molecular formula is C16H17F3N2O2. The SMILES string of the molecule is CC1=C(C)C(=O)C(Nc2cc(C(F)(F)F)cc(C)n2)CCC1=O. The van der Waals surface area contributed by atoms with E-state index in [4.69, 9.17) is 0 Å². The Kier molecular flexibility index (Phi) is 4.58. The van der Waals surface area contributed by atoms with Gasteiger partial charge in [-0.05, 0) is 44.9 Å². The van der Waals surface area contributed by atoms with Crippen molar-refractivity contribution in [2.24, 2.45) is 0 Å². The number of Topliss-reactive ketones (excluding diaryl/α,β-unsaturated/α-hetero) is 2. The standard InChI is InChI=1S/C16H17F3N2O2/c1-8-6-11(16(17,18)19)7-14(20-8)21-12-4-5-13(22)9(2)10(3)15(12)23/h6-7,12H,4-5H2,1-3H3,(H,20,21). The lowest BCUT2D eigenvalue weighted by atomic mass is 10.0. The molecule has 0 spiro atoms. The zero-order valence-corrected chi connectivity index (χ0v) is 13.0. The lowest BCUT2D eigenvalue weighted by molar-refractivity contribution is -0.137. The number of hydrogen-bond donors (Lipinski definition) is 1. The van der Waals surface area contributed by atoms with E-state index in [1.807, 2.05) is 0 Å². The topological polar surface area (TPSA) is 59.1 Å². The summed E-state index contributed by atoms with van der Waals surface area (Å²) in [5.41, 5.74) is 0.122. The fraction of sp³-hybridized carbons (Fsp3) is 0.438. The number of pyridine rings is 1. The van der Waals surface area contributed by atoms with Crippen molar-refractivity contribution in [3.05, 3.63) is 34.5 Å². The molecule has 1 heterocycles. The molecule has 1 unspecified atom stereocenters. The first-order valence-electron chi connectivity index (χ1n) is 7.17. The molecule has 2 rings (SSSR count). The molecule has 1 aromatic rings. The van der Waals surface area contributed by atoms with Gasteiger partial charge < -0.3 is 5.32 Å². The molecule has 1 aromatic heterocycles.